The van der Waals surface area contributed by atoms with Gasteiger partial charge in [0.1, 0.15) is 11.6 Å². The van der Waals surface area contributed by atoms with Gasteiger partial charge in [-0.15, -0.1) is 0 Å². The quantitative estimate of drug-likeness (QED) is 0.788. The molecule has 4 nitrogen and oxygen atoms in total. The molecule has 2 fully saturated rings. The van der Waals surface area contributed by atoms with Crippen molar-refractivity contribution in [2.24, 2.45) is 5.92 Å². The second-order valence-electron chi connectivity index (χ2n) is 6.39. The summed E-state index contributed by atoms with van der Waals surface area (Å²) in [6.45, 7) is 9.51. The van der Waals surface area contributed by atoms with Crippen LogP contribution < -0.4 is 5.32 Å². The van der Waals surface area contributed by atoms with Crippen LogP contribution in [0.4, 0.5) is 0 Å². The van der Waals surface area contributed by atoms with E-state index in [2.05, 4.69) is 19.2 Å². The first-order valence-electron chi connectivity index (χ1n) is 6.33. The Labute approximate surface area is 103 Å². The summed E-state index contributed by atoms with van der Waals surface area (Å²) in [4.78, 5) is 26.2. The van der Waals surface area contributed by atoms with Crippen LogP contribution in [-0.4, -0.2) is 33.8 Å². The summed E-state index contributed by atoms with van der Waals surface area (Å²) in [6.07, 6.45) is 2.32. The highest BCUT2D eigenvalue weighted by Gasteiger charge is 2.53. The van der Waals surface area contributed by atoms with Crippen LogP contribution in [0.5, 0.6) is 0 Å². The van der Waals surface area contributed by atoms with Crippen molar-refractivity contribution in [2.75, 3.05) is 0 Å². The minimum atomic E-state index is -0.782. The third kappa shape index (κ3) is 1.83. The van der Waals surface area contributed by atoms with Crippen LogP contribution in [0.3, 0.4) is 0 Å². The van der Waals surface area contributed by atoms with Gasteiger partial charge in [0, 0.05) is 5.54 Å². The lowest BCUT2D eigenvalue weighted by atomic mass is 9.88. The average Bonchev–Trinajstić information content (AvgIpc) is 2.97. The summed E-state index contributed by atoms with van der Waals surface area (Å²) < 4.78 is 0. The van der Waals surface area contributed by atoms with E-state index < -0.39 is 5.54 Å². The van der Waals surface area contributed by atoms with Crippen molar-refractivity contribution in [2.45, 2.75) is 64.6 Å². The van der Waals surface area contributed by atoms with Gasteiger partial charge in [-0.1, -0.05) is 0 Å². The highest BCUT2D eigenvalue weighted by Crippen LogP contribution is 2.44. The van der Waals surface area contributed by atoms with E-state index in [0.29, 0.717) is 5.92 Å². The van der Waals surface area contributed by atoms with Crippen molar-refractivity contribution in [3.05, 3.63) is 0 Å². The zero-order valence-corrected chi connectivity index (χ0v) is 11.3. The van der Waals surface area contributed by atoms with E-state index in [-0.39, 0.29) is 23.4 Å². The van der Waals surface area contributed by atoms with Crippen molar-refractivity contribution in [3.63, 3.8) is 0 Å². The molecule has 2 rings (SSSR count). The summed E-state index contributed by atoms with van der Waals surface area (Å²) in [5, 5.41) is 2.79. The standard InChI is InChI=1S/C13H22N2O2/c1-8-10(16)14-12(2,3)11(17)15(8)13(4,5)9-6-7-9/h8-9H,6-7H2,1-5H3,(H,14,16). The average molecular weight is 238 g/mol. The lowest BCUT2D eigenvalue weighted by Crippen LogP contribution is -2.71. The summed E-state index contributed by atoms with van der Waals surface area (Å²) >= 11 is 0. The third-order valence-corrected chi connectivity index (χ3v) is 4.15. The van der Waals surface area contributed by atoms with Gasteiger partial charge in [-0.05, 0) is 53.4 Å². The molecular formula is C13H22N2O2. The molecule has 2 amide bonds. The number of amides is 2. The first-order chi connectivity index (χ1) is 7.68. The van der Waals surface area contributed by atoms with Crippen molar-refractivity contribution < 1.29 is 9.59 Å². The van der Waals surface area contributed by atoms with Gasteiger partial charge in [0.15, 0.2) is 0 Å². The molecule has 96 valence electrons. The largest absolute Gasteiger partial charge is 0.340 e. The highest BCUT2D eigenvalue weighted by molar-refractivity contribution is 5.99. The molecule has 1 unspecified atom stereocenters. The fourth-order valence-corrected chi connectivity index (χ4v) is 2.81. The van der Waals surface area contributed by atoms with E-state index in [9.17, 15) is 9.59 Å². The number of hydrogen-bond acceptors (Lipinski definition) is 2. The lowest BCUT2D eigenvalue weighted by molar-refractivity contribution is -0.160. The molecule has 0 aromatic carbocycles. The maximum Gasteiger partial charge on any atom is 0.248 e. The molecule has 0 aromatic rings. The van der Waals surface area contributed by atoms with Gasteiger partial charge >= 0.3 is 0 Å². The second kappa shape index (κ2) is 3.47. The SMILES string of the molecule is CC1C(=O)NC(C)(C)C(=O)N1C(C)(C)C1CC1. The molecule has 1 N–H and O–H groups in total. The van der Waals surface area contributed by atoms with Gasteiger partial charge in [0.25, 0.3) is 0 Å². The highest BCUT2D eigenvalue weighted by atomic mass is 16.2. The predicted octanol–water partition coefficient (Wildman–Crippen LogP) is 1.30. The molecule has 4 heteroatoms. The number of rotatable bonds is 2. The Morgan fingerprint density at radius 1 is 1.29 bits per heavy atom. The number of piperazine rings is 1. The maximum atomic E-state index is 12.5. The zero-order chi connectivity index (χ0) is 13.0. The molecule has 1 aliphatic carbocycles. The van der Waals surface area contributed by atoms with Crippen LogP contribution >= 0.6 is 0 Å². The van der Waals surface area contributed by atoms with Crippen LogP contribution in [0.25, 0.3) is 0 Å². The van der Waals surface area contributed by atoms with Crippen molar-refractivity contribution in [3.8, 4) is 0 Å². The van der Waals surface area contributed by atoms with Crippen LogP contribution in [-0.2, 0) is 9.59 Å². The van der Waals surface area contributed by atoms with Crippen molar-refractivity contribution in [1.82, 2.24) is 10.2 Å². The number of carbonyl (C=O) groups excluding carboxylic acids is 2. The minimum absolute atomic E-state index is 0.0292. The number of nitrogens with one attached hydrogen (secondary N) is 1. The van der Waals surface area contributed by atoms with Crippen LogP contribution in [0, 0.1) is 5.92 Å². The first kappa shape index (κ1) is 12.4. The maximum absolute atomic E-state index is 12.5. The Bertz CT molecular complexity index is 370. The van der Waals surface area contributed by atoms with Gasteiger partial charge in [0.05, 0.1) is 0 Å². The molecule has 0 aromatic heterocycles. The normalized spacial score (nSPS) is 29.2. The predicted molar refractivity (Wildman–Crippen MR) is 65.3 cm³/mol. The molecule has 1 aliphatic heterocycles. The molecule has 0 radical (unpaired) electrons. The van der Waals surface area contributed by atoms with E-state index in [1.54, 1.807) is 18.7 Å². The van der Waals surface area contributed by atoms with Gasteiger partial charge in [0.2, 0.25) is 11.8 Å². The third-order valence-electron chi connectivity index (χ3n) is 4.15. The van der Waals surface area contributed by atoms with Crippen LogP contribution in [0.15, 0.2) is 0 Å². The Morgan fingerprint density at radius 3 is 2.29 bits per heavy atom. The molecule has 0 bridgehead atoms. The van der Waals surface area contributed by atoms with E-state index in [1.807, 2.05) is 6.92 Å². The molecular weight excluding hydrogens is 216 g/mol. The lowest BCUT2D eigenvalue weighted by Gasteiger charge is -2.49. The Kier molecular flexibility index (Phi) is 2.53. The smallest absolute Gasteiger partial charge is 0.248 e. The van der Waals surface area contributed by atoms with E-state index in [4.69, 9.17) is 0 Å². The minimum Gasteiger partial charge on any atom is -0.340 e. The molecule has 17 heavy (non-hydrogen) atoms. The number of hydrogen-bond donors (Lipinski definition) is 1. The van der Waals surface area contributed by atoms with Crippen molar-refractivity contribution >= 4 is 11.8 Å². The van der Waals surface area contributed by atoms with Crippen LogP contribution in [0.1, 0.15) is 47.5 Å². The van der Waals surface area contributed by atoms with Crippen molar-refractivity contribution in [1.29, 1.82) is 0 Å². The number of nitrogens with zero attached hydrogens (tertiary/aromatic N) is 1. The fraction of sp³-hybridized carbons (Fsp3) is 0.846. The molecule has 0 spiro atoms. The summed E-state index contributed by atoms with van der Waals surface area (Å²) in [6, 6.07) is -0.369. The van der Waals surface area contributed by atoms with Gasteiger partial charge in [-0.2, -0.15) is 0 Å². The molecule has 1 heterocycles. The second-order valence-corrected chi connectivity index (χ2v) is 6.39. The Balaban J connectivity index is 2.35. The fourth-order valence-electron chi connectivity index (χ4n) is 2.81. The Morgan fingerprint density at radius 2 is 1.82 bits per heavy atom. The monoisotopic (exact) mass is 238 g/mol. The zero-order valence-electron chi connectivity index (χ0n) is 11.3. The molecule has 1 atom stereocenters. The molecule has 1 saturated heterocycles. The molecule has 2 aliphatic rings. The summed E-state index contributed by atoms with van der Waals surface area (Å²) in [5.74, 6) is 0.514. The number of carbonyl (C=O) groups is 2. The van der Waals surface area contributed by atoms with Crippen LogP contribution in [0.2, 0.25) is 0 Å². The molecule has 1 saturated carbocycles. The van der Waals surface area contributed by atoms with Gasteiger partial charge in [-0.3, -0.25) is 9.59 Å². The topological polar surface area (TPSA) is 49.4 Å². The summed E-state index contributed by atoms with van der Waals surface area (Å²) in [7, 11) is 0. The summed E-state index contributed by atoms with van der Waals surface area (Å²) in [5.41, 5.74) is -0.999. The Hall–Kier alpha value is -1.06. The first-order valence-corrected chi connectivity index (χ1v) is 6.33. The van der Waals surface area contributed by atoms with E-state index >= 15 is 0 Å². The van der Waals surface area contributed by atoms with Gasteiger partial charge < -0.3 is 10.2 Å². The van der Waals surface area contributed by atoms with E-state index in [1.165, 1.54) is 0 Å². The van der Waals surface area contributed by atoms with E-state index in [0.717, 1.165) is 12.8 Å². The van der Waals surface area contributed by atoms with Gasteiger partial charge in [-0.25, -0.2) is 0 Å².